The van der Waals surface area contributed by atoms with Gasteiger partial charge in [0, 0.05) is 19.1 Å². The van der Waals surface area contributed by atoms with E-state index in [1.54, 1.807) is 7.11 Å². The Morgan fingerprint density at radius 1 is 1.41 bits per heavy atom. The highest BCUT2D eigenvalue weighted by Crippen LogP contribution is 2.39. The Bertz CT molecular complexity index is 495. The van der Waals surface area contributed by atoms with Crippen molar-refractivity contribution >= 4 is 5.71 Å². The number of fused-ring (bicyclic) bond motifs is 3. The highest BCUT2D eigenvalue weighted by atomic mass is 16.5. The maximum absolute atomic E-state index is 12.3. The van der Waals surface area contributed by atoms with Gasteiger partial charge in [-0.1, -0.05) is 18.2 Å². The van der Waals surface area contributed by atoms with Crippen LogP contribution in [-0.2, 0) is 11.2 Å². The average molecular weight is 231 g/mol. The summed E-state index contributed by atoms with van der Waals surface area (Å²) in [6.07, 6.45) is 2.71. The van der Waals surface area contributed by atoms with Crippen LogP contribution < -0.4 is 0 Å². The number of rotatable bonds is 1. The van der Waals surface area contributed by atoms with Crippen LogP contribution in [0, 0.1) is 5.21 Å². The van der Waals surface area contributed by atoms with Gasteiger partial charge < -0.3 is 9.94 Å². The van der Waals surface area contributed by atoms with Crippen LogP contribution in [0.5, 0.6) is 0 Å². The topological polar surface area (TPSA) is 35.3 Å². The van der Waals surface area contributed by atoms with Gasteiger partial charge in [-0.05, 0) is 31.4 Å². The first-order valence-electron chi connectivity index (χ1n) is 6.15. The molecule has 0 saturated heterocycles. The van der Waals surface area contributed by atoms with E-state index < -0.39 is 0 Å². The smallest absolute Gasteiger partial charge is 0.227 e. The lowest BCUT2D eigenvalue weighted by Crippen LogP contribution is -2.43. The minimum atomic E-state index is -0.352. The summed E-state index contributed by atoms with van der Waals surface area (Å²) in [4.78, 5) is 0. The van der Waals surface area contributed by atoms with Gasteiger partial charge in [-0.3, -0.25) is 0 Å². The van der Waals surface area contributed by atoms with E-state index in [2.05, 4.69) is 6.07 Å². The van der Waals surface area contributed by atoms with Crippen molar-refractivity contribution in [3.05, 3.63) is 40.6 Å². The van der Waals surface area contributed by atoms with E-state index in [9.17, 15) is 5.21 Å². The number of ether oxygens (including phenoxy) is 1. The maximum atomic E-state index is 12.3. The molecule has 1 aliphatic carbocycles. The lowest BCUT2D eigenvalue weighted by molar-refractivity contribution is -0.487. The van der Waals surface area contributed by atoms with Gasteiger partial charge in [-0.15, -0.1) is 0 Å². The molecule has 17 heavy (non-hydrogen) atoms. The molecule has 3 rings (SSSR count). The van der Waals surface area contributed by atoms with Crippen LogP contribution in [0.25, 0.3) is 0 Å². The Balaban J connectivity index is 2.23. The van der Waals surface area contributed by atoms with Crippen molar-refractivity contribution in [2.45, 2.75) is 37.8 Å². The molecule has 0 spiro atoms. The van der Waals surface area contributed by atoms with E-state index in [0.29, 0.717) is 0 Å². The number of nitrogens with zero attached hydrogens (tertiary/aromatic N) is 1. The molecule has 3 nitrogen and oxygen atoms in total. The van der Waals surface area contributed by atoms with Crippen molar-refractivity contribution in [3.8, 4) is 0 Å². The van der Waals surface area contributed by atoms with Gasteiger partial charge in [0.25, 0.3) is 0 Å². The molecule has 3 heteroatoms. The molecular formula is C14H17NO2. The Hall–Kier alpha value is -1.35. The van der Waals surface area contributed by atoms with Gasteiger partial charge in [-0.25, -0.2) is 4.74 Å². The quantitative estimate of drug-likeness (QED) is 0.548. The van der Waals surface area contributed by atoms with Gasteiger partial charge in [0.2, 0.25) is 5.71 Å². The van der Waals surface area contributed by atoms with E-state index in [0.717, 1.165) is 35.3 Å². The maximum Gasteiger partial charge on any atom is 0.227 e. The second-order valence-electron chi connectivity index (χ2n) is 5.08. The first kappa shape index (κ1) is 10.8. The highest BCUT2D eigenvalue weighted by Gasteiger charge is 2.53. The molecule has 2 atom stereocenters. The first-order valence-corrected chi connectivity index (χ1v) is 6.15. The molecule has 1 aromatic carbocycles. The number of methoxy groups -OCH3 is 1. The summed E-state index contributed by atoms with van der Waals surface area (Å²) in [5.74, 6) is 0. The lowest BCUT2D eigenvalue weighted by atomic mass is 9.77. The van der Waals surface area contributed by atoms with E-state index in [-0.39, 0.29) is 11.6 Å². The van der Waals surface area contributed by atoms with Crippen LogP contribution in [0.1, 0.15) is 30.9 Å². The molecule has 1 aliphatic heterocycles. The first-order chi connectivity index (χ1) is 8.18. The lowest BCUT2D eigenvalue weighted by Gasteiger charge is -2.31. The zero-order valence-electron chi connectivity index (χ0n) is 10.3. The Kier molecular flexibility index (Phi) is 2.26. The van der Waals surface area contributed by atoms with E-state index in [1.807, 2.05) is 25.1 Å². The molecule has 0 fully saturated rings. The van der Waals surface area contributed by atoms with Gasteiger partial charge in [0.05, 0.1) is 0 Å². The molecule has 0 aromatic heterocycles. The molecular weight excluding hydrogens is 214 g/mol. The molecule has 0 N–H and O–H groups in total. The van der Waals surface area contributed by atoms with Gasteiger partial charge in [0.15, 0.2) is 11.6 Å². The SMILES string of the molecule is CO[C@@]12CCc3ccccc3C1=[N+]([O-])C(C)C2. The molecule has 1 aromatic rings. The predicted octanol–water partition coefficient (Wildman–Crippen LogP) is 2.11. The summed E-state index contributed by atoms with van der Waals surface area (Å²) < 4.78 is 6.88. The van der Waals surface area contributed by atoms with Crippen LogP contribution >= 0.6 is 0 Å². The fourth-order valence-corrected chi connectivity index (χ4v) is 3.25. The molecule has 0 amide bonds. The van der Waals surface area contributed by atoms with E-state index in [1.165, 1.54) is 5.56 Å². The molecule has 1 heterocycles. The van der Waals surface area contributed by atoms with E-state index >= 15 is 0 Å². The minimum absolute atomic E-state index is 0.0103. The van der Waals surface area contributed by atoms with Crippen LogP contribution in [0.15, 0.2) is 24.3 Å². The summed E-state index contributed by atoms with van der Waals surface area (Å²) in [5, 5.41) is 12.3. The average Bonchev–Trinajstić information content (AvgIpc) is 2.63. The monoisotopic (exact) mass is 231 g/mol. The Labute approximate surface area is 101 Å². The van der Waals surface area contributed by atoms with Gasteiger partial charge in [0.1, 0.15) is 0 Å². The summed E-state index contributed by atoms with van der Waals surface area (Å²) in [5.41, 5.74) is 2.84. The second kappa shape index (κ2) is 3.57. The minimum Gasteiger partial charge on any atom is -0.623 e. The summed E-state index contributed by atoms with van der Waals surface area (Å²) in [6.45, 7) is 1.97. The normalized spacial score (nSPS) is 31.3. The van der Waals surface area contributed by atoms with Crippen molar-refractivity contribution in [1.29, 1.82) is 0 Å². The fraction of sp³-hybridized carbons (Fsp3) is 0.500. The molecule has 2 aliphatic rings. The number of hydroxylamine groups is 1. The summed E-state index contributed by atoms with van der Waals surface area (Å²) in [7, 11) is 1.72. The number of hydrogen-bond acceptors (Lipinski definition) is 2. The summed E-state index contributed by atoms with van der Waals surface area (Å²) >= 11 is 0. The highest BCUT2D eigenvalue weighted by molar-refractivity contribution is 6.06. The molecule has 90 valence electrons. The van der Waals surface area contributed by atoms with Gasteiger partial charge in [-0.2, -0.15) is 0 Å². The fourth-order valence-electron chi connectivity index (χ4n) is 3.25. The third-order valence-corrected chi connectivity index (χ3v) is 4.14. The third kappa shape index (κ3) is 1.35. The van der Waals surface area contributed by atoms with Crippen molar-refractivity contribution in [2.75, 3.05) is 7.11 Å². The van der Waals surface area contributed by atoms with Crippen LogP contribution in [0.2, 0.25) is 0 Å². The number of benzene rings is 1. The standard InChI is InChI=1S/C14H17NO2/c1-10-9-14(17-2)8-7-11-5-3-4-6-12(11)13(14)15(10)16/h3-6,10H,7-9H2,1-2H3/t10?,14-/m1/s1. The second-order valence-corrected chi connectivity index (χ2v) is 5.08. The van der Waals surface area contributed by atoms with Crippen molar-refractivity contribution < 1.29 is 9.48 Å². The van der Waals surface area contributed by atoms with Crippen LogP contribution in [0.3, 0.4) is 0 Å². The third-order valence-electron chi connectivity index (χ3n) is 4.14. The summed E-state index contributed by atoms with van der Waals surface area (Å²) in [6, 6.07) is 8.19. The zero-order valence-corrected chi connectivity index (χ0v) is 10.3. The van der Waals surface area contributed by atoms with Crippen molar-refractivity contribution in [2.24, 2.45) is 0 Å². The zero-order chi connectivity index (χ0) is 12.0. The Morgan fingerprint density at radius 3 is 2.94 bits per heavy atom. The predicted molar refractivity (Wildman–Crippen MR) is 66.3 cm³/mol. The molecule has 0 radical (unpaired) electrons. The van der Waals surface area contributed by atoms with Crippen molar-refractivity contribution in [3.63, 3.8) is 0 Å². The molecule has 1 unspecified atom stereocenters. The largest absolute Gasteiger partial charge is 0.623 e. The van der Waals surface area contributed by atoms with Gasteiger partial charge >= 0.3 is 0 Å². The number of hydrogen-bond donors (Lipinski definition) is 0. The van der Waals surface area contributed by atoms with Crippen LogP contribution in [-0.4, -0.2) is 29.2 Å². The van der Waals surface area contributed by atoms with E-state index in [4.69, 9.17) is 4.74 Å². The van der Waals surface area contributed by atoms with Crippen LogP contribution in [0.4, 0.5) is 0 Å². The van der Waals surface area contributed by atoms with Crippen molar-refractivity contribution in [1.82, 2.24) is 0 Å². The Morgan fingerprint density at radius 2 is 2.18 bits per heavy atom. The number of aryl methyl sites for hydroxylation is 1. The molecule has 0 saturated carbocycles. The molecule has 0 bridgehead atoms.